The summed E-state index contributed by atoms with van der Waals surface area (Å²) < 4.78 is 41.3. The van der Waals surface area contributed by atoms with Gasteiger partial charge in [-0.25, -0.2) is 0 Å². The topological polar surface area (TPSA) is 153 Å². The van der Waals surface area contributed by atoms with E-state index in [1.54, 1.807) is 13.0 Å². The summed E-state index contributed by atoms with van der Waals surface area (Å²) in [4.78, 5) is 21.6. The molecule has 10 nitrogen and oxygen atoms in total. The van der Waals surface area contributed by atoms with E-state index < -0.39 is 21.3 Å². The molecule has 124 valence electrons. The standard InChI is InChI=1S/C11H13NO5.H2O4S/c1-3-17-11(13)7-8-9(12(14)15)5-4-6-10(8)16-2;1-5(2,3)4/h4-6H,3,7H2,1-2H3;(H2,1,2,3,4). The number of hydrogen-bond donors (Lipinski definition) is 2. The minimum atomic E-state index is -4.67. The van der Waals surface area contributed by atoms with Crippen molar-refractivity contribution in [1.29, 1.82) is 0 Å². The molecule has 0 unspecified atom stereocenters. The number of carbonyl (C=O) groups excluding carboxylic acids is 1. The minimum Gasteiger partial charge on any atom is -0.496 e. The molecule has 0 fully saturated rings. The Morgan fingerprint density at radius 2 is 1.91 bits per heavy atom. The third-order valence-corrected chi connectivity index (χ3v) is 2.15. The molecular weight excluding hydrogens is 322 g/mol. The fourth-order valence-electron chi connectivity index (χ4n) is 1.45. The van der Waals surface area contributed by atoms with Crippen LogP contribution in [0.5, 0.6) is 5.75 Å². The van der Waals surface area contributed by atoms with Crippen molar-refractivity contribution in [2.75, 3.05) is 13.7 Å². The first-order valence-electron chi connectivity index (χ1n) is 5.75. The van der Waals surface area contributed by atoms with Gasteiger partial charge in [0.2, 0.25) is 0 Å². The average molecular weight is 337 g/mol. The molecule has 1 aromatic carbocycles. The Labute approximate surface area is 126 Å². The summed E-state index contributed by atoms with van der Waals surface area (Å²) in [6.07, 6.45) is -0.172. The van der Waals surface area contributed by atoms with Crippen molar-refractivity contribution in [2.24, 2.45) is 0 Å². The second kappa shape index (κ2) is 8.92. The second-order valence-corrected chi connectivity index (χ2v) is 4.54. The molecule has 0 aliphatic heterocycles. The molecule has 0 spiro atoms. The number of methoxy groups -OCH3 is 1. The molecule has 0 saturated heterocycles. The highest BCUT2D eigenvalue weighted by Gasteiger charge is 2.21. The molecular formula is C11H15NO9S. The normalized spacial score (nSPS) is 10.2. The lowest BCUT2D eigenvalue weighted by Gasteiger charge is -2.08. The van der Waals surface area contributed by atoms with Crippen LogP contribution in [-0.4, -0.2) is 42.1 Å². The summed E-state index contributed by atoms with van der Waals surface area (Å²) in [6, 6.07) is 4.41. The van der Waals surface area contributed by atoms with Crippen molar-refractivity contribution in [2.45, 2.75) is 13.3 Å². The first kappa shape index (κ1) is 19.8. The van der Waals surface area contributed by atoms with Crippen molar-refractivity contribution in [3.63, 3.8) is 0 Å². The van der Waals surface area contributed by atoms with Gasteiger partial charge in [0.05, 0.1) is 30.6 Å². The summed E-state index contributed by atoms with van der Waals surface area (Å²) in [5.74, 6) is -0.202. The maximum absolute atomic E-state index is 11.4. The lowest BCUT2D eigenvalue weighted by atomic mass is 10.1. The number of nitro groups is 1. The maximum atomic E-state index is 11.4. The van der Waals surface area contributed by atoms with E-state index in [2.05, 4.69) is 0 Å². The van der Waals surface area contributed by atoms with Crippen LogP contribution in [0.1, 0.15) is 12.5 Å². The smallest absolute Gasteiger partial charge is 0.394 e. The molecule has 1 aromatic rings. The van der Waals surface area contributed by atoms with E-state index in [9.17, 15) is 14.9 Å². The van der Waals surface area contributed by atoms with Gasteiger partial charge < -0.3 is 9.47 Å². The SMILES string of the molecule is CCOC(=O)Cc1c(OC)cccc1[N+](=O)[O-].O=S(=O)(O)O. The monoisotopic (exact) mass is 337 g/mol. The Morgan fingerprint density at radius 1 is 1.36 bits per heavy atom. The molecule has 0 aromatic heterocycles. The maximum Gasteiger partial charge on any atom is 0.394 e. The number of nitro benzene ring substituents is 1. The largest absolute Gasteiger partial charge is 0.496 e. The molecule has 0 radical (unpaired) electrons. The summed E-state index contributed by atoms with van der Waals surface area (Å²) in [7, 11) is -3.27. The zero-order valence-corrected chi connectivity index (χ0v) is 12.6. The molecule has 0 heterocycles. The Morgan fingerprint density at radius 3 is 2.32 bits per heavy atom. The number of benzene rings is 1. The molecule has 0 aliphatic carbocycles. The van der Waals surface area contributed by atoms with Gasteiger partial charge >= 0.3 is 16.4 Å². The number of ether oxygens (including phenoxy) is 2. The third-order valence-electron chi connectivity index (χ3n) is 2.15. The van der Waals surface area contributed by atoms with Gasteiger partial charge in [-0.15, -0.1) is 0 Å². The zero-order chi connectivity index (χ0) is 17.3. The van der Waals surface area contributed by atoms with E-state index >= 15 is 0 Å². The van der Waals surface area contributed by atoms with E-state index in [1.165, 1.54) is 19.2 Å². The van der Waals surface area contributed by atoms with Gasteiger partial charge in [0.25, 0.3) is 5.69 Å². The van der Waals surface area contributed by atoms with Gasteiger partial charge in [0, 0.05) is 6.07 Å². The van der Waals surface area contributed by atoms with Crippen LogP contribution in [0.4, 0.5) is 5.69 Å². The minimum absolute atomic E-state index is 0.141. The summed E-state index contributed by atoms with van der Waals surface area (Å²) >= 11 is 0. The van der Waals surface area contributed by atoms with Gasteiger partial charge in [-0.2, -0.15) is 8.42 Å². The zero-order valence-electron chi connectivity index (χ0n) is 11.8. The molecule has 0 amide bonds. The van der Waals surface area contributed by atoms with Crippen molar-refractivity contribution in [3.05, 3.63) is 33.9 Å². The first-order chi connectivity index (χ1) is 10.1. The highest BCUT2D eigenvalue weighted by Crippen LogP contribution is 2.28. The van der Waals surface area contributed by atoms with Crippen LogP contribution in [0.2, 0.25) is 0 Å². The first-order valence-corrected chi connectivity index (χ1v) is 7.15. The van der Waals surface area contributed by atoms with Crippen LogP contribution >= 0.6 is 0 Å². The Kier molecular flexibility index (Phi) is 8.01. The average Bonchev–Trinajstić information content (AvgIpc) is 2.37. The summed E-state index contributed by atoms with van der Waals surface area (Å²) in [6.45, 7) is 1.91. The van der Waals surface area contributed by atoms with Crippen molar-refractivity contribution >= 4 is 22.1 Å². The van der Waals surface area contributed by atoms with E-state index in [0.717, 1.165) is 0 Å². The molecule has 22 heavy (non-hydrogen) atoms. The number of hydrogen-bond acceptors (Lipinski definition) is 7. The van der Waals surface area contributed by atoms with Gasteiger partial charge in [-0.05, 0) is 13.0 Å². The summed E-state index contributed by atoms with van der Waals surface area (Å²) in [5, 5.41) is 10.8. The van der Waals surface area contributed by atoms with E-state index in [0.29, 0.717) is 5.75 Å². The van der Waals surface area contributed by atoms with Gasteiger partial charge in [0.15, 0.2) is 0 Å². The fraction of sp³-hybridized carbons (Fsp3) is 0.364. The van der Waals surface area contributed by atoms with Crippen LogP contribution in [0.3, 0.4) is 0 Å². The molecule has 0 aliphatic rings. The van der Waals surface area contributed by atoms with Crippen molar-refractivity contribution in [3.8, 4) is 5.75 Å². The van der Waals surface area contributed by atoms with Crippen LogP contribution in [0, 0.1) is 10.1 Å². The molecule has 0 bridgehead atoms. The van der Waals surface area contributed by atoms with Crippen LogP contribution < -0.4 is 4.74 Å². The number of nitrogens with zero attached hydrogens (tertiary/aromatic N) is 1. The van der Waals surface area contributed by atoms with Gasteiger partial charge in [0.1, 0.15) is 5.75 Å². The van der Waals surface area contributed by atoms with E-state index in [4.69, 9.17) is 27.0 Å². The highest BCUT2D eigenvalue weighted by molar-refractivity contribution is 7.79. The fourth-order valence-corrected chi connectivity index (χ4v) is 1.45. The predicted molar refractivity (Wildman–Crippen MR) is 74.2 cm³/mol. The van der Waals surface area contributed by atoms with Gasteiger partial charge in [-0.3, -0.25) is 24.0 Å². The summed E-state index contributed by atoms with van der Waals surface area (Å²) in [5.41, 5.74) is 0.0934. The van der Waals surface area contributed by atoms with Crippen LogP contribution in [0.25, 0.3) is 0 Å². The van der Waals surface area contributed by atoms with E-state index in [-0.39, 0.29) is 24.3 Å². The molecule has 0 saturated carbocycles. The quantitative estimate of drug-likeness (QED) is 0.347. The highest BCUT2D eigenvalue weighted by atomic mass is 32.3. The molecule has 11 heteroatoms. The van der Waals surface area contributed by atoms with E-state index in [1.807, 2.05) is 0 Å². The number of carbonyl (C=O) groups is 1. The Bertz CT molecular complexity index is 618. The van der Waals surface area contributed by atoms with Crippen LogP contribution in [0.15, 0.2) is 18.2 Å². The van der Waals surface area contributed by atoms with Gasteiger partial charge in [-0.1, -0.05) is 6.07 Å². The Hall–Kier alpha value is -2.24. The van der Waals surface area contributed by atoms with Crippen molar-refractivity contribution < 1.29 is 36.7 Å². The lowest BCUT2D eigenvalue weighted by Crippen LogP contribution is -2.10. The predicted octanol–water partition coefficient (Wildman–Crippen LogP) is 1.06. The molecule has 0 atom stereocenters. The van der Waals surface area contributed by atoms with Crippen LogP contribution in [-0.2, 0) is 26.4 Å². The lowest BCUT2D eigenvalue weighted by molar-refractivity contribution is -0.385. The number of esters is 1. The molecule has 1 rings (SSSR count). The Balaban J connectivity index is 0.000000763. The number of rotatable bonds is 5. The second-order valence-electron chi connectivity index (χ2n) is 3.64. The molecule has 2 N–H and O–H groups in total. The third kappa shape index (κ3) is 8.14. The van der Waals surface area contributed by atoms with Crippen molar-refractivity contribution in [1.82, 2.24) is 0 Å².